The number of ether oxygens (including phenoxy) is 2. The average molecular weight is 364 g/mol. The van der Waals surface area contributed by atoms with Crippen LogP contribution in [0.4, 0.5) is 0 Å². The molecule has 3 aliphatic rings. The fraction of sp³-hybridized carbons (Fsp3) is 0.700. The fourth-order valence-corrected chi connectivity index (χ4v) is 4.76. The molecule has 0 radical (unpaired) electrons. The standard InChI is InChI=1S/C20H28O6/c1-6-11(2)16(21)25-15-7-8-19(23)10-20(24)14(12(3)17(22)26-20)9-18(19,5)13(15)4/h6,13,15,23-24H,7-10H2,1-5H3. The molecule has 26 heavy (non-hydrogen) atoms. The van der Waals surface area contributed by atoms with E-state index in [1.807, 2.05) is 13.8 Å². The number of aliphatic hydroxyl groups is 2. The van der Waals surface area contributed by atoms with Crippen molar-refractivity contribution in [2.24, 2.45) is 11.3 Å². The van der Waals surface area contributed by atoms with Crippen molar-refractivity contribution in [3.8, 4) is 0 Å². The molecule has 2 saturated carbocycles. The highest BCUT2D eigenvalue weighted by molar-refractivity contribution is 5.92. The largest absolute Gasteiger partial charge is 0.459 e. The Hall–Kier alpha value is -1.66. The van der Waals surface area contributed by atoms with Gasteiger partial charge in [0.2, 0.25) is 5.79 Å². The summed E-state index contributed by atoms with van der Waals surface area (Å²) in [6, 6.07) is 0. The molecule has 3 rings (SSSR count). The van der Waals surface area contributed by atoms with Crippen molar-refractivity contribution >= 4 is 11.9 Å². The smallest absolute Gasteiger partial charge is 0.336 e. The minimum atomic E-state index is -1.72. The summed E-state index contributed by atoms with van der Waals surface area (Å²) in [4.78, 5) is 24.2. The van der Waals surface area contributed by atoms with Gasteiger partial charge in [-0.15, -0.1) is 0 Å². The van der Waals surface area contributed by atoms with Crippen molar-refractivity contribution in [2.75, 3.05) is 0 Å². The monoisotopic (exact) mass is 364 g/mol. The normalized spacial score (nSPS) is 42.9. The zero-order chi connectivity index (χ0) is 19.5. The number of hydrogen-bond acceptors (Lipinski definition) is 6. The predicted octanol–water partition coefficient (Wildman–Crippen LogP) is 2.39. The summed E-state index contributed by atoms with van der Waals surface area (Å²) in [5.74, 6) is -2.75. The van der Waals surface area contributed by atoms with Crippen LogP contribution in [0, 0.1) is 11.3 Å². The number of carbonyl (C=O) groups is 2. The summed E-state index contributed by atoms with van der Waals surface area (Å²) in [6.45, 7) is 9.05. The molecular formula is C20H28O6. The molecule has 5 unspecified atom stereocenters. The maximum absolute atomic E-state index is 12.2. The van der Waals surface area contributed by atoms with E-state index in [0.717, 1.165) is 0 Å². The molecule has 0 aromatic rings. The van der Waals surface area contributed by atoms with Crippen LogP contribution in [0.5, 0.6) is 0 Å². The van der Waals surface area contributed by atoms with Gasteiger partial charge in [-0.2, -0.15) is 0 Å². The van der Waals surface area contributed by atoms with Crippen molar-refractivity contribution in [3.05, 3.63) is 22.8 Å². The Labute approximate surface area is 153 Å². The molecule has 0 saturated heterocycles. The van der Waals surface area contributed by atoms with E-state index in [-0.39, 0.29) is 24.4 Å². The number of fused-ring (bicyclic) bond motifs is 2. The van der Waals surface area contributed by atoms with Crippen LogP contribution in [-0.4, -0.2) is 39.6 Å². The van der Waals surface area contributed by atoms with Gasteiger partial charge in [0.25, 0.3) is 0 Å². The quantitative estimate of drug-likeness (QED) is 0.577. The van der Waals surface area contributed by atoms with Gasteiger partial charge >= 0.3 is 11.9 Å². The molecule has 6 heteroatoms. The maximum atomic E-state index is 12.2. The van der Waals surface area contributed by atoms with E-state index in [4.69, 9.17) is 9.47 Å². The molecule has 5 atom stereocenters. The van der Waals surface area contributed by atoms with Gasteiger partial charge in [0.15, 0.2) is 0 Å². The highest BCUT2D eigenvalue weighted by Gasteiger charge is 2.66. The number of esters is 2. The van der Waals surface area contributed by atoms with Gasteiger partial charge in [0.1, 0.15) is 6.10 Å². The summed E-state index contributed by atoms with van der Waals surface area (Å²) in [7, 11) is 0. The Morgan fingerprint density at radius 1 is 1.38 bits per heavy atom. The Morgan fingerprint density at radius 3 is 2.65 bits per heavy atom. The maximum Gasteiger partial charge on any atom is 0.336 e. The first-order valence-electron chi connectivity index (χ1n) is 9.19. The first-order chi connectivity index (χ1) is 12.0. The molecule has 0 bridgehead atoms. The molecule has 1 aliphatic heterocycles. The lowest BCUT2D eigenvalue weighted by atomic mass is 9.50. The van der Waals surface area contributed by atoms with Crippen LogP contribution in [0.25, 0.3) is 0 Å². The van der Waals surface area contributed by atoms with E-state index < -0.39 is 22.8 Å². The highest BCUT2D eigenvalue weighted by Crippen LogP contribution is 2.61. The molecular weight excluding hydrogens is 336 g/mol. The van der Waals surface area contributed by atoms with E-state index in [9.17, 15) is 19.8 Å². The third-order valence-corrected chi connectivity index (χ3v) is 7.05. The minimum Gasteiger partial charge on any atom is -0.459 e. The van der Waals surface area contributed by atoms with E-state index in [2.05, 4.69) is 0 Å². The number of allylic oxidation sites excluding steroid dienone is 1. The molecule has 6 nitrogen and oxygen atoms in total. The second-order valence-corrected chi connectivity index (χ2v) is 8.32. The van der Waals surface area contributed by atoms with Crippen molar-refractivity contribution in [1.82, 2.24) is 0 Å². The Bertz CT molecular complexity index is 722. The van der Waals surface area contributed by atoms with Crippen LogP contribution in [0.2, 0.25) is 0 Å². The molecule has 1 heterocycles. The van der Waals surface area contributed by atoms with Crippen LogP contribution in [0.1, 0.15) is 60.3 Å². The predicted molar refractivity (Wildman–Crippen MR) is 93.7 cm³/mol. The van der Waals surface area contributed by atoms with Crippen molar-refractivity contribution in [1.29, 1.82) is 0 Å². The Kier molecular flexibility index (Phi) is 4.36. The van der Waals surface area contributed by atoms with Gasteiger partial charge in [-0.25, -0.2) is 9.59 Å². The van der Waals surface area contributed by atoms with E-state index in [1.54, 1.807) is 26.8 Å². The topological polar surface area (TPSA) is 93.1 Å². The van der Waals surface area contributed by atoms with Gasteiger partial charge in [0.05, 0.1) is 5.60 Å². The zero-order valence-corrected chi connectivity index (χ0v) is 16.1. The number of rotatable bonds is 2. The lowest BCUT2D eigenvalue weighted by Crippen LogP contribution is -2.64. The molecule has 0 spiro atoms. The Morgan fingerprint density at radius 2 is 2.04 bits per heavy atom. The third-order valence-electron chi connectivity index (χ3n) is 7.05. The summed E-state index contributed by atoms with van der Waals surface area (Å²) in [6.07, 6.45) is 2.53. The Balaban J connectivity index is 1.92. The summed E-state index contributed by atoms with van der Waals surface area (Å²) in [5.41, 5.74) is -0.343. The van der Waals surface area contributed by atoms with Crippen LogP contribution < -0.4 is 0 Å². The van der Waals surface area contributed by atoms with Gasteiger partial charge in [0, 0.05) is 34.5 Å². The first-order valence-corrected chi connectivity index (χ1v) is 9.19. The molecule has 2 aliphatic carbocycles. The van der Waals surface area contributed by atoms with Crippen molar-refractivity contribution < 1.29 is 29.3 Å². The van der Waals surface area contributed by atoms with Gasteiger partial charge in [-0.1, -0.05) is 19.9 Å². The number of hydrogen-bond donors (Lipinski definition) is 2. The molecule has 0 aromatic heterocycles. The molecule has 0 amide bonds. The lowest BCUT2D eigenvalue weighted by molar-refractivity contribution is -0.259. The van der Waals surface area contributed by atoms with Crippen LogP contribution >= 0.6 is 0 Å². The molecule has 0 aromatic carbocycles. The number of carbonyl (C=O) groups excluding carboxylic acids is 2. The zero-order valence-electron chi connectivity index (χ0n) is 16.1. The SMILES string of the molecule is CC=C(C)C(=O)OC1CCC2(O)CC3(O)OC(=O)C(C)=C3CC2(C)C1C. The van der Waals surface area contributed by atoms with Gasteiger partial charge in [-0.3, -0.25) is 0 Å². The second-order valence-electron chi connectivity index (χ2n) is 8.32. The fourth-order valence-electron chi connectivity index (χ4n) is 4.76. The van der Waals surface area contributed by atoms with E-state index in [0.29, 0.717) is 36.0 Å². The summed E-state index contributed by atoms with van der Waals surface area (Å²) in [5, 5.41) is 22.2. The first kappa shape index (κ1) is 19.1. The van der Waals surface area contributed by atoms with E-state index in [1.165, 1.54) is 0 Å². The summed E-state index contributed by atoms with van der Waals surface area (Å²) >= 11 is 0. The van der Waals surface area contributed by atoms with Crippen LogP contribution in [-0.2, 0) is 19.1 Å². The van der Waals surface area contributed by atoms with Crippen LogP contribution in [0.3, 0.4) is 0 Å². The lowest BCUT2D eigenvalue weighted by Gasteiger charge is -2.59. The van der Waals surface area contributed by atoms with Crippen LogP contribution in [0.15, 0.2) is 22.8 Å². The van der Waals surface area contributed by atoms with Gasteiger partial charge < -0.3 is 19.7 Å². The van der Waals surface area contributed by atoms with Gasteiger partial charge in [-0.05, 0) is 40.0 Å². The highest BCUT2D eigenvalue weighted by atomic mass is 16.7. The minimum absolute atomic E-state index is 0.0478. The summed E-state index contributed by atoms with van der Waals surface area (Å²) < 4.78 is 10.9. The van der Waals surface area contributed by atoms with Crippen molar-refractivity contribution in [2.45, 2.75) is 77.8 Å². The van der Waals surface area contributed by atoms with Crippen molar-refractivity contribution in [3.63, 3.8) is 0 Å². The molecule has 144 valence electrons. The molecule has 2 N–H and O–H groups in total. The third kappa shape index (κ3) is 2.54. The van der Waals surface area contributed by atoms with E-state index >= 15 is 0 Å². The molecule has 2 fully saturated rings. The second kappa shape index (κ2) is 5.92. The average Bonchev–Trinajstić information content (AvgIpc) is 2.78.